The number of halogens is 4. The van der Waals surface area contributed by atoms with Crippen molar-refractivity contribution in [1.82, 2.24) is 5.32 Å². The van der Waals surface area contributed by atoms with E-state index >= 15 is 0 Å². The summed E-state index contributed by atoms with van der Waals surface area (Å²) in [7, 11) is 0. The molecule has 170 valence electrons. The van der Waals surface area contributed by atoms with Gasteiger partial charge in [0.25, 0.3) is 5.91 Å². The lowest BCUT2D eigenvalue weighted by atomic mass is 10.1. The molecular weight excluding hydrogens is 436 g/mol. The zero-order chi connectivity index (χ0) is 23.6. The van der Waals surface area contributed by atoms with E-state index in [2.05, 4.69) is 10.1 Å². The summed E-state index contributed by atoms with van der Waals surface area (Å²) in [4.78, 5) is 14.8. The molecule has 0 unspecified atom stereocenters. The van der Waals surface area contributed by atoms with Gasteiger partial charge in [0.05, 0.1) is 11.7 Å². The molecule has 4 rings (SSSR count). The van der Waals surface area contributed by atoms with E-state index in [1.54, 1.807) is 12.1 Å². The standard InChI is InChI=1S/C25H20F4N2O2/c1-16(17-6-3-2-4-7-17)30-22-15-23(18-8-5-9-21(14-18)33-25(27,28)29)31(24(22)32)20-12-10-19(26)11-13-20/h2-16,23,30H,1H3/t16-,23-/m1/s1. The minimum atomic E-state index is -4.84. The normalized spacial score (nSPS) is 17.0. The van der Waals surface area contributed by atoms with E-state index in [1.165, 1.54) is 47.4 Å². The summed E-state index contributed by atoms with van der Waals surface area (Å²) >= 11 is 0. The third-order valence-corrected chi connectivity index (χ3v) is 5.26. The van der Waals surface area contributed by atoms with E-state index in [4.69, 9.17) is 0 Å². The first-order valence-corrected chi connectivity index (χ1v) is 10.2. The molecule has 4 nitrogen and oxygen atoms in total. The number of nitrogens with zero attached hydrogens (tertiary/aromatic N) is 1. The fourth-order valence-electron chi connectivity index (χ4n) is 3.75. The number of hydrogen-bond donors (Lipinski definition) is 1. The van der Waals surface area contributed by atoms with Crippen molar-refractivity contribution in [3.8, 4) is 5.75 Å². The first-order chi connectivity index (χ1) is 15.7. The maximum Gasteiger partial charge on any atom is 0.573 e. The van der Waals surface area contributed by atoms with Gasteiger partial charge in [-0.1, -0.05) is 42.5 Å². The maximum atomic E-state index is 13.5. The third kappa shape index (κ3) is 5.16. The van der Waals surface area contributed by atoms with Gasteiger partial charge in [-0.25, -0.2) is 4.39 Å². The van der Waals surface area contributed by atoms with Crippen molar-refractivity contribution in [2.45, 2.75) is 25.4 Å². The molecule has 3 aromatic carbocycles. The zero-order valence-electron chi connectivity index (χ0n) is 17.5. The highest BCUT2D eigenvalue weighted by molar-refractivity contribution is 6.08. The first-order valence-electron chi connectivity index (χ1n) is 10.2. The van der Waals surface area contributed by atoms with E-state index in [1.807, 2.05) is 37.3 Å². The van der Waals surface area contributed by atoms with E-state index in [0.717, 1.165) is 5.56 Å². The van der Waals surface area contributed by atoms with Crippen molar-refractivity contribution in [1.29, 1.82) is 0 Å². The highest BCUT2D eigenvalue weighted by Crippen LogP contribution is 2.37. The summed E-state index contributed by atoms with van der Waals surface area (Å²) in [6.07, 6.45) is -3.19. The Morgan fingerprint density at radius 2 is 1.67 bits per heavy atom. The summed E-state index contributed by atoms with van der Waals surface area (Å²) in [6.45, 7) is 1.90. The molecule has 1 N–H and O–H groups in total. The number of carbonyl (C=O) groups is 1. The van der Waals surface area contributed by atoms with Crippen LogP contribution >= 0.6 is 0 Å². The van der Waals surface area contributed by atoms with Gasteiger partial charge in [-0.15, -0.1) is 13.2 Å². The lowest BCUT2D eigenvalue weighted by molar-refractivity contribution is -0.274. The van der Waals surface area contributed by atoms with Crippen LogP contribution in [0.2, 0.25) is 0 Å². The number of hydrogen-bond acceptors (Lipinski definition) is 3. The van der Waals surface area contributed by atoms with Crippen LogP contribution in [0.4, 0.5) is 23.2 Å². The van der Waals surface area contributed by atoms with Crippen LogP contribution < -0.4 is 15.0 Å². The van der Waals surface area contributed by atoms with Crippen LogP contribution in [0.25, 0.3) is 0 Å². The average molecular weight is 456 g/mol. The molecule has 1 aliphatic heterocycles. The van der Waals surface area contributed by atoms with Crippen molar-refractivity contribution in [3.05, 3.63) is 108 Å². The topological polar surface area (TPSA) is 41.6 Å². The molecule has 33 heavy (non-hydrogen) atoms. The second kappa shape index (κ2) is 8.97. The van der Waals surface area contributed by atoms with Gasteiger partial charge in [0.1, 0.15) is 11.6 Å². The molecule has 1 aliphatic rings. The van der Waals surface area contributed by atoms with Crippen molar-refractivity contribution in [2.75, 3.05) is 4.90 Å². The molecule has 0 radical (unpaired) electrons. The Hall–Kier alpha value is -3.81. The molecule has 8 heteroatoms. The zero-order valence-corrected chi connectivity index (χ0v) is 17.5. The molecule has 0 bridgehead atoms. The number of nitrogens with one attached hydrogen (secondary N) is 1. The van der Waals surface area contributed by atoms with E-state index in [9.17, 15) is 22.4 Å². The molecule has 3 aromatic rings. The molecule has 1 heterocycles. The van der Waals surface area contributed by atoms with Crippen LogP contribution in [0.15, 0.2) is 90.6 Å². The summed E-state index contributed by atoms with van der Waals surface area (Å²) in [6, 6.07) is 19.4. The first kappa shape index (κ1) is 22.4. The molecule has 0 aromatic heterocycles. The summed E-state index contributed by atoms with van der Waals surface area (Å²) in [5, 5.41) is 3.19. The second-order valence-electron chi connectivity index (χ2n) is 7.57. The van der Waals surface area contributed by atoms with Gasteiger partial charge in [0.2, 0.25) is 0 Å². The lowest BCUT2D eigenvalue weighted by Crippen LogP contribution is -2.33. The minimum absolute atomic E-state index is 0.199. The molecular formula is C25H20F4N2O2. The lowest BCUT2D eigenvalue weighted by Gasteiger charge is -2.26. The molecule has 0 saturated carbocycles. The molecule has 0 fully saturated rings. The Labute approximate surface area is 188 Å². The Kier molecular flexibility index (Phi) is 6.09. The van der Waals surface area contributed by atoms with Crippen LogP contribution in [-0.4, -0.2) is 12.3 Å². The van der Waals surface area contributed by atoms with Crippen LogP contribution in [0, 0.1) is 5.82 Å². The number of amides is 1. The number of alkyl halides is 3. The monoisotopic (exact) mass is 456 g/mol. The SMILES string of the molecule is C[C@@H](NC1=C[C@H](c2cccc(OC(F)(F)F)c2)N(c2ccc(F)cc2)C1=O)c1ccccc1. The third-order valence-electron chi connectivity index (χ3n) is 5.26. The number of ether oxygens (including phenoxy) is 1. The Morgan fingerprint density at radius 1 is 0.970 bits per heavy atom. The van der Waals surface area contributed by atoms with Gasteiger partial charge in [-0.3, -0.25) is 9.69 Å². The van der Waals surface area contributed by atoms with Gasteiger partial charge >= 0.3 is 6.36 Å². The number of anilines is 1. The smallest absolute Gasteiger partial charge is 0.406 e. The fraction of sp³-hybridized carbons (Fsp3) is 0.160. The van der Waals surface area contributed by atoms with E-state index in [-0.39, 0.29) is 17.7 Å². The van der Waals surface area contributed by atoms with Gasteiger partial charge < -0.3 is 10.1 Å². The van der Waals surface area contributed by atoms with E-state index < -0.39 is 18.2 Å². The molecule has 0 saturated heterocycles. The van der Waals surface area contributed by atoms with Crippen molar-refractivity contribution in [2.24, 2.45) is 0 Å². The van der Waals surface area contributed by atoms with Gasteiger partial charge in [-0.2, -0.15) is 0 Å². The fourth-order valence-corrected chi connectivity index (χ4v) is 3.75. The van der Waals surface area contributed by atoms with Crippen molar-refractivity contribution in [3.63, 3.8) is 0 Å². The summed E-state index contributed by atoms with van der Waals surface area (Å²) in [5.74, 6) is -1.23. The predicted octanol–water partition coefficient (Wildman–Crippen LogP) is 6.05. The van der Waals surface area contributed by atoms with Crippen molar-refractivity contribution < 1.29 is 27.1 Å². The molecule has 1 amide bonds. The number of rotatable bonds is 6. The average Bonchev–Trinajstić information content (AvgIpc) is 3.10. The number of carbonyl (C=O) groups excluding carboxylic acids is 1. The van der Waals surface area contributed by atoms with Crippen LogP contribution in [0.5, 0.6) is 5.75 Å². The quantitative estimate of drug-likeness (QED) is 0.460. The highest BCUT2D eigenvalue weighted by Gasteiger charge is 2.36. The predicted molar refractivity (Wildman–Crippen MR) is 116 cm³/mol. The Bertz CT molecular complexity index is 1160. The molecule has 0 aliphatic carbocycles. The Balaban J connectivity index is 1.70. The summed E-state index contributed by atoms with van der Waals surface area (Å²) < 4.78 is 55.7. The van der Waals surface area contributed by atoms with Crippen LogP contribution in [-0.2, 0) is 4.79 Å². The van der Waals surface area contributed by atoms with Crippen LogP contribution in [0.3, 0.4) is 0 Å². The summed E-state index contributed by atoms with van der Waals surface area (Å²) in [5.41, 5.74) is 2.08. The van der Waals surface area contributed by atoms with Gasteiger partial charge in [0, 0.05) is 11.7 Å². The van der Waals surface area contributed by atoms with Gasteiger partial charge in [0.15, 0.2) is 0 Å². The number of benzene rings is 3. The largest absolute Gasteiger partial charge is 0.573 e. The molecule has 0 spiro atoms. The van der Waals surface area contributed by atoms with Crippen LogP contribution in [0.1, 0.15) is 30.1 Å². The highest BCUT2D eigenvalue weighted by atomic mass is 19.4. The second-order valence-corrected chi connectivity index (χ2v) is 7.57. The molecule has 2 atom stereocenters. The Morgan fingerprint density at radius 3 is 2.33 bits per heavy atom. The van der Waals surface area contributed by atoms with E-state index in [0.29, 0.717) is 16.9 Å². The van der Waals surface area contributed by atoms with Gasteiger partial charge in [-0.05, 0) is 60.5 Å². The minimum Gasteiger partial charge on any atom is -0.406 e. The van der Waals surface area contributed by atoms with Crippen molar-refractivity contribution >= 4 is 11.6 Å². The maximum absolute atomic E-state index is 13.5.